The molecule has 0 amide bonds. The fraction of sp³-hybridized carbons (Fsp3) is 0.0833. The molecule has 0 unspecified atom stereocenters. The van der Waals surface area contributed by atoms with E-state index in [1.807, 2.05) is 12.1 Å². The molecule has 2 rings (SSSR count). The van der Waals surface area contributed by atoms with Crippen LogP contribution >= 0.6 is 0 Å². The Morgan fingerprint density at radius 2 is 1.94 bits per heavy atom. The summed E-state index contributed by atoms with van der Waals surface area (Å²) in [5, 5.41) is 9.49. The maximum absolute atomic E-state index is 9.49. The standard InChI is InChI=1S/C12H12N2O2/c1-16-12-5-3-9(7-14-12)8-2-4-10(13)11(15)6-8/h2-7,15H,13H2,1H3. The SMILES string of the molecule is COc1ccc(-c2ccc(N)c(O)c2)cn1. The van der Waals surface area contributed by atoms with Gasteiger partial charge in [0.1, 0.15) is 5.75 Å². The van der Waals surface area contributed by atoms with Crippen LogP contribution in [0.3, 0.4) is 0 Å². The highest BCUT2D eigenvalue weighted by Crippen LogP contribution is 2.27. The van der Waals surface area contributed by atoms with Gasteiger partial charge in [0.15, 0.2) is 0 Å². The van der Waals surface area contributed by atoms with Crippen LogP contribution < -0.4 is 10.5 Å². The number of ether oxygens (including phenoxy) is 1. The van der Waals surface area contributed by atoms with Crippen molar-refractivity contribution in [2.75, 3.05) is 12.8 Å². The average Bonchev–Trinajstić information content (AvgIpc) is 2.33. The molecule has 4 nitrogen and oxygen atoms in total. The van der Waals surface area contributed by atoms with Crippen molar-refractivity contribution < 1.29 is 9.84 Å². The molecular weight excluding hydrogens is 204 g/mol. The van der Waals surface area contributed by atoms with E-state index in [0.717, 1.165) is 11.1 Å². The minimum Gasteiger partial charge on any atom is -0.506 e. The molecule has 1 heterocycles. The predicted octanol–water partition coefficient (Wildman–Crippen LogP) is 2.04. The molecule has 0 radical (unpaired) electrons. The third-order valence-electron chi connectivity index (χ3n) is 2.31. The molecule has 0 bridgehead atoms. The predicted molar refractivity (Wildman–Crippen MR) is 62.3 cm³/mol. The summed E-state index contributed by atoms with van der Waals surface area (Å²) in [6.45, 7) is 0. The summed E-state index contributed by atoms with van der Waals surface area (Å²) >= 11 is 0. The highest BCUT2D eigenvalue weighted by Gasteiger charge is 2.02. The Balaban J connectivity index is 2.38. The number of hydrogen-bond acceptors (Lipinski definition) is 4. The smallest absolute Gasteiger partial charge is 0.212 e. The van der Waals surface area contributed by atoms with Crippen LogP contribution in [0.25, 0.3) is 11.1 Å². The molecule has 0 aliphatic rings. The van der Waals surface area contributed by atoms with Crippen LogP contribution in [0.4, 0.5) is 5.69 Å². The number of pyridine rings is 1. The van der Waals surface area contributed by atoms with Gasteiger partial charge in [-0.05, 0) is 23.8 Å². The Hall–Kier alpha value is -2.23. The summed E-state index contributed by atoms with van der Waals surface area (Å²) < 4.78 is 4.97. The molecule has 4 heteroatoms. The Morgan fingerprint density at radius 1 is 1.19 bits per heavy atom. The van der Waals surface area contributed by atoms with E-state index in [1.165, 1.54) is 0 Å². The molecule has 3 N–H and O–H groups in total. The second kappa shape index (κ2) is 4.10. The normalized spacial score (nSPS) is 10.1. The lowest BCUT2D eigenvalue weighted by Crippen LogP contribution is -1.88. The minimum absolute atomic E-state index is 0.0771. The van der Waals surface area contributed by atoms with Crippen molar-refractivity contribution in [2.24, 2.45) is 0 Å². The summed E-state index contributed by atoms with van der Waals surface area (Å²) in [6.07, 6.45) is 1.68. The van der Waals surface area contributed by atoms with Gasteiger partial charge in [0, 0.05) is 17.8 Å². The highest BCUT2D eigenvalue weighted by molar-refractivity contribution is 5.69. The van der Waals surface area contributed by atoms with E-state index < -0.39 is 0 Å². The maximum Gasteiger partial charge on any atom is 0.212 e. The maximum atomic E-state index is 9.49. The lowest BCUT2D eigenvalue weighted by molar-refractivity contribution is 0.398. The molecule has 2 aromatic rings. The van der Waals surface area contributed by atoms with Crippen LogP contribution in [-0.4, -0.2) is 17.2 Å². The number of nitrogens with two attached hydrogens (primary N) is 1. The third-order valence-corrected chi connectivity index (χ3v) is 2.31. The lowest BCUT2D eigenvalue weighted by atomic mass is 10.1. The van der Waals surface area contributed by atoms with Crippen molar-refractivity contribution in [1.29, 1.82) is 0 Å². The summed E-state index contributed by atoms with van der Waals surface area (Å²) in [6, 6.07) is 8.74. The number of benzene rings is 1. The molecule has 0 saturated heterocycles. The topological polar surface area (TPSA) is 68.4 Å². The number of rotatable bonds is 2. The third kappa shape index (κ3) is 1.91. The van der Waals surface area contributed by atoms with Crippen LogP contribution in [0.1, 0.15) is 0 Å². The zero-order valence-corrected chi connectivity index (χ0v) is 8.84. The van der Waals surface area contributed by atoms with Crippen molar-refractivity contribution in [3.63, 3.8) is 0 Å². The number of nitrogen functional groups attached to an aromatic ring is 1. The molecule has 0 spiro atoms. The molecule has 0 atom stereocenters. The van der Waals surface area contributed by atoms with Gasteiger partial charge in [-0.2, -0.15) is 0 Å². The summed E-state index contributed by atoms with van der Waals surface area (Å²) in [5.74, 6) is 0.636. The Morgan fingerprint density at radius 3 is 2.50 bits per heavy atom. The number of phenolic OH excluding ortho intramolecular Hbond substituents is 1. The second-order valence-electron chi connectivity index (χ2n) is 3.36. The molecule has 0 aliphatic carbocycles. The average molecular weight is 216 g/mol. The number of hydrogen-bond donors (Lipinski definition) is 2. The van der Waals surface area contributed by atoms with E-state index in [2.05, 4.69) is 4.98 Å². The number of methoxy groups -OCH3 is 1. The van der Waals surface area contributed by atoms with Crippen molar-refractivity contribution in [3.8, 4) is 22.8 Å². The zero-order chi connectivity index (χ0) is 11.5. The van der Waals surface area contributed by atoms with Crippen LogP contribution in [0.15, 0.2) is 36.5 Å². The molecule has 1 aromatic carbocycles. The van der Waals surface area contributed by atoms with Crippen molar-refractivity contribution >= 4 is 5.69 Å². The van der Waals surface area contributed by atoms with E-state index >= 15 is 0 Å². The van der Waals surface area contributed by atoms with Crippen molar-refractivity contribution in [2.45, 2.75) is 0 Å². The van der Waals surface area contributed by atoms with Gasteiger partial charge in [0.25, 0.3) is 0 Å². The van der Waals surface area contributed by atoms with E-state index in [0.29, 0.717) is 11.6 Å². The van der Waals surface area contributed by atoms with Gasteiger partial charge in [-0.3, -0.25) is 0 Å². The second-order valence-corrected chi connectivity index (χ2v) is 3.36. The van der Waals surface area contributed by atoms with Gasteiger partial charge >= 0.3 is 0 Å². The lowest BCUT2D eigenvalue weighted by Gasteiger charge is -2.05. The van der Waals surface area contributed by atoms with E-state index in [9.17, 15) is 5.11 Å². The Kier molecular flexibility index (Phi) is 2.64. The highest BCUT2D eigenvalue weighted by atomic mass is 16.5. The van der Waals surface area contributed by atoms with Crippen LogP contribution in [0.5, 0.6) is 11.6 Å². The first-order valence-electron chi connectivity index (χ1n) is 4.79. The Labute approximate surface area is 93.3 Å². The molecule has 0 fully saturated rings. The number of aromatic hydroxyl groups is 1. The summed E-state index contributed by atoms with van der Waals surface area (Å²) in [4.78, 5) is 4.09. The zero-order valence-electron chi connectivity index (χ0n) is 8.84. The molecule has 82 valence electrons. The fourth-order valence-electron chi connectivity index (χ4n) is 1.40. The summed E-state index contributed by atoms with van der Waals surface area (Å²) in [5.41, 5.74) is 7.65. The van der Waals surface area contributed by atoms with Crippen LogP contribution in [0, 0.1) is 0 Å². The van der Waals surface area contributed by atoms with Gasteiger partial charge in [-0.15, -0.1) is 0 Å². The quantitative estimate of drug-likeness (QED) is 0.595. The minimum atomic E-state index is 0.0771. The van der Waals surface area contributed by atoms with Crippen LogP contribution in [-0.2, 0) is 0 Å². The molecule has 0 aliphatic heterocycles. The molecular formula is C12H12N2O2. The largest absolute Gasteiger partial charge is 0.506 e. The monoisotopic (exact) mass is 216 g/mol. The van der Waals surface area contributed by atoms with Crippen molar-refractivity contribution in [1.82, 2.24) is 4.98 Å². The van der Waals surface area contributed by atoms with E-state index in [1.54, 1.807) is 31.5 Å². The van der Waals surface area contributed by atoms with Crippen LogP contribution in [0.2, 0.25) is 0 Å². The van der Waals surface area contributed by atoms with Gasteiger partial charge in [0.2, 0.25) is 5.88 Å². The first-order valence-corrected chi connectivity index (χ1v) is 4.79. The number of phenols is 1. The first-order chi connectivity index (χ1) is 7.70. The fourth-order valence-corrected chi connectivity index (χ4v) is 1.40. The van der Waals surface area contributed by atoms with Gasteiger partial charge in [0.05, 0.1) is 12.8 Å². The van der Waals surface area contributed by atoms with E-state index in [-0.39, 0.29) is 5.75 Å². The number of nitrogens with zero attached hydrogens (tertiary/aromatic N) is 1. The molecule has 0 saturated carbocycles. The number of aromatic nitrogens is 1. The van der Waals surface area contributed by atoms with Gasteiger partial charge in [-0.1, -0.05) is 6.07 Å². The van der Waals surface area contributed by atoms with Crippen molar-refractivity contribution in [3.05, 3.63) is 36.5 Å². The molecule has 16 heavy (non-hydrogen) atoms. The Bertz CT molecular complexity index is 495. The molecule has 1 aromatic heterocycles. The number of anilines is 1. The summed E-state index contributed by atoms with van der Waals surface area (Å²) in [7, 11) is 1.57. The van der Waals surface area contributed by atoms with Gasteiger partial charge < -0.3 is 15.6 Å². The van der Waals surface area contributed by atoms with E-state index in [4.69, 9.17) is 10.5 Å². The first kappa shape index (κ1) is 10.3. The van der Waals surface area contributed by atoms with Gasteiger partial charge in [-0.25, -0.2) is 4.98 Å².